The lowest BCUT2D eigenvalue weighted by molar-refractivity contribution is 0.958. The van der Waals surface area contributed by atoms with Crippen LogP contribution in [-0.4, -0.2) is 35.0 Å². The van der Waals surface area contributed by atoms with Gasteiger partial charge in [-0.1, -0.05) is 115 Å². The second-order valence-corrected chi connectivity index (χ2v) is 14.2. The van der Waals surface area contributed by atoms with Crippen LogP contribution in [0.5, 0.6) is 0 Å². The molecule has 6 nitrogen and oxygen atoms in total. The Labute approximate surface area is 276 Å². The summed E-state index contributed by atoms with van der Waals surface area (Å²) in [6, 6.07) is 51.7. The Balaban J connectivity index is 1.51. The lowest BCUT2D eigenvalue weighted by atomic mass is 10.00. The molecule has 9 heteroatoms. The molecule has 0 aliphatic carbocycles. The summed E-state index contributed by atoms with van der Waals surface area (Å²) in [7, 11) is -0.403. The molecule has 5 aromatic carbocycles. The van der Waals surface area contributed by atoms with Crippen LogP contribution in [0.1, 0.15) is 11.1 Å². The van der Waals surface area contributed by atoms with Crippen LogP contribution in [-0.2, 0) is 0 Å². The molecule has 0 aliphatic heterocycles. The average Bonchev–Trinajstić information content (AvgIpc) is 3.12. The van der Waals surface area contributed by atoms with E-state index in [1.165, 1.54) is 15.9 Å². The molecule has 224 valence electrons. The molecule has 0 heterocycles. The van der Waals surface area contributed by atoms with Crippen molar-refractivity contribution in [1.29, 1.82) is 0 Å². The Kier molecular flexibility index (Phi) is 11.1. The van der Waals surface area contributed by atoms with Crippen LogP contribution in [0.15, 0.2) is 162 Å². The van der Waals surface area contributed by atoms with Crippen LogP contribution in [0.2, 0.25) is 0 Å². The molecule has 0 aliphatic rings. The second-order valence-electron chi connectivity index (χ2n) is 9.94. The zero-order valence-corrected chi connectivity index (χ0v) is 27.3. The Hall–Kier alpha value is -4.75. The lowest BCUT2D eigenvalue weighted by Gasteiger charge is -2.28. The molecule has 0 bridgehead atoms. The number of rotatable bonds is 10. The van der Waals surface area contributed by atoms with E-state index in [4.69, 9.17) is 29.5 Å². The van der Waals surface area contributed by atoms with E-state index < -0.39 is 7.26 Å². The summed E-state index contributed by atoms with van der Waals surface area (Å²) in [4.78, 5) is 0. The van der Waals surface area contributed by atoms with E-state index >= 15 is 0 Å². The number of hydrazone groups is 2. The molecule has 0 amide bonds. The fourth-order valence-corrected chi connectivity index (χ4v) is 9.12. The maximum Gasteiger partial charge on any atom is 0.189 e. The molecule has 0 atom stereocenters. The fourth-order valence-electron chi connectivity index (χ4n) is 4.97. The molecule has 0 saturated heterocycles. The van der Waals surface area contributed by atoms with Gasteiger partial charge in [-0.25, -0.2) is 0 Å². The fraction of sp³-hybridized carbons (Fsp3) is 0.0556. The Bertz CT molecular complexity index is 1650. The van der Waals surface area contributed by atoms with Crippen molar-refractivity contribution in [3.8, 4) is 0 Å². The summed E-state index contributed by atoms with van der Waals surface area (Å²) in [5, 5.41) is 20.5. The van der Waals surface area contributed by atoms with Gasteiger partial charge in [0.25, 0.3) is 0 Å². The van der Waals surface area contributed by atoms with Crippen molar-refractivity contribution in [2.45, 2.75) is 0 Å². The van der Waals surface area contributed by atoms with Crippen molar-refractivity contribution in [2.24, 2.45) is 10.2 Å². The molecular formula is C36H34N6PS2+. The van der Waals surface area contributed by atoms with E-state index in [1.54, 1.807) is 7.05 Å². The van der Waals surface area contributed by atoms with Gasteiger partial charge >= 0.3 is 0 Å². The van der Waals surface area contributed by atoms with Gasteiger partial charge in [-0.3, -0.25) is 10.9 Å². The van der Waals surface area contributed by atoms with Crippen molar-refractivity contribution >= 4 is 69.3 Å². The minimum Gasteiger partial charge on any atom is -0.364 e. The number of nitrogens with zero attached hydrogens (tertiary/aromatic N) is 2. The monoisotopic (exact) mass is 645 g/mol. The maximum atomic E-state index is 5.87. The van der Waals surface area contributed by atoms with Crippen molar-refractivity contribution in [2.75, 3.05) is 13.3 Å². The molecule has 0 unspecified atom stereocenters. The summed E-state index contributed by atoms with van der Waals surface area (Å²) in [5.41, 5.74) is 9.00. The van der Waals surface area contributed by atoms with E-state index in [2.05, 4.69) is 118 Å². The number of benzene rings is 5. The van der Waals surface area contributed by atoms with Crippen molar-refractivity contribution in [3.05, 3.63) is 163 Å². The number of thiocarbonyl (C=S) groups is 2. The van der Waals surface area contributed by atoms with Crippen LogP contribution in [0, 0.1) is 0 Å². The maximum absolute atomic E-state index is 5.87. The first-order valence-corrected chi connectivity index (χ1v) is 17.2. The number of hydrogen-bond acceptors (Lipinski definition) is 4. The summed E-state index contributed by atoms with van der Waals surface area (Å²) >= 11 is 11.2. The smallest absolute Gasteiger partial charge is 0.189 e. The van der Waals surface area contributed by atoms with Crippen molar-refractivity contribution < 1.29 is 0 Å². The Morgan fingerprint density at radius 2 is 0.844 bits per heavy atom. The third kappa shape index (κ3) is 7.86. The van der Waals surface area contributed by atoms with Gasteiger partial charge in [-0.2, -0.15) is 10.2 Å². The summed E-state index contributed by atoms with van der Waals surface area (Å²) < 4.78 is 0. The van der Waals surface area contributed by atoms with Crippen LogP contribution in [0.4, 0.5) is 0 Å². The third-order valence-electron chi connectivity index (χ3n) is 7.15. The molecule has 0 aromatic heterocycles. The van der Waals surface area contributed by atoms with Gasteiger partial charge in [0.2, 0.25) is 0 Å². The highest BCUT2D eigenvalue weighted by Gasteiger charge is 2.45. The van der Waals surface area contributed by atoms with Crippen LogP contribution in [0.25, 0.3) is 0 Å². The lowest BCUT2D eigenvalue weighted by Crippen LogP contribution is -2.42. The molecule has 5 rings (SSSR count). The van der Waals surface area contributed by atoms with Crippen molar-refractivity contribution in [3.63, 3.8) is 0 Å². The van der Waals surface area contributed by atoms with Gasteiger partial charge in [0.05, 0.1) is 0 Å². The number of nitrogens with one attached hydrogen (secondary N) is 4. The molecule has 4 N–H and O–H groups in total. The molecule has 0 fully saturated rings. The standard InChI is InChI=1S/C36H33N6PS2/c1-37-35(44)41-39-33(28-17-7-2-8-18-28)34(29-19-9-3-10-20-29)40-42-36(45)38-27-43(30-21-11-4-12-22-30,31-23-13-5-14-24-31)32-25-15-6-16-26-32/h2-26H,27H2,1H3,(H3-,37,38,39,40,41,42,44,45)/p+1. The van der Waals surface area contributed by atoms with E-state index in [9.17, 15) is 0 Å². The molecule has 45 heavy (non-hydrogen) atoms. The predicted octanol–water partition coefficient (Wildman–Crippen LogP) is 5.30. The SMILES string of the molecule is CNC(=S)NN=C(C(=NNC(=S)NC[P+](c1ccccc1)(c1ccccc1)c1ccccc1)c1ccccc1)c1ccccc1. The Morgan fingerprint density at radius 1 is 0.511 bits per heavy atom. The van der Waals surface area contributed by atoms with Crippen LogP contribution in [0.3, 0.4) is 0 Å². The minimum atomic E-state index is -2.15. The summed E-state index contributed by atoms with van der Waals surface area (Å²) in [6.07, 6.45) is 0.602. The second kappa shape index (κ2) is 15.8. The zero-order valence-electron chi connectivity index (χ0n) is 24.8. The highest BCUT2D eigenvalue weighted by atomic mass is 32.1. The van der Waals surface area contributed by atoms with Gasteiger partial charge in [-0.05, 0) is 60.8 Å². The molecule has 0 saturated carbocycles. The van der Waals surface area contributed by atoms with E-state index in [-0.39, 0.29) is 0 Å². The predicted molar refractivity (Wildman–Crippen MR) is 200 cm³/mol. The quantitative estimate of drug-likeness (QED) is 0.0715. The minimum absolute atomic E-state index is 0.393. The van der Waals surface area contributed by atoms with E-state index in [0.717, 1.165) is 11.1 Å². The van der Waals surface area contributed by atoms with Gasteiger partial charge < -0.3 is 10.6 Å². The van der Waals surface area contributed by atoms with Gasteiger partial charge in [0.15, 0.2) is 10.2 Å². The molecule has 0 spiro atoms. The third-order valence-corrected chi connectivity index (χ3v) is 11.9. The normalized spacial score (nSPS) is 11.8. The summed E-state index contributed by atoms with van der Waals surface area (Å²) in [5.74, 6) is 0. The first kappa shape index (κ1) is 31.7. The van der Waals surface area contributed by atoms with Gasteiger partial charge in [0, 0.05) is 18.2 Å². The van der Waals surface area contributed by atoms with Gasteiger partial charge in [0.1, 0.15) is 40.9 Å². The highest BCUT2D eigenvalue weighted by Crippen LogP contribution is 2.54. The largest absolute Gasteiger partial charge is 0.364 e. The summed E-state index contributed by atoms with van der Waals surface area (Å²) in [6.45, 7) is 0. The van der Waals surface area contributed by atoms with Crippen LogP contribution < -0.4 is 37.4 Å². The van der Waals surface area contributed by atoms with Crippen LogP contribution >= 0.6 is 31.7 Å². The molecular weight excluding hydrogens is 612 g/mol. The molecule has 0 radical (unpaired) electrons. The average molecular weight is 646 g/mol. The first-order chi connectivity index (χ1) is 22.1. The number of hydrogen-bond donors (Lipinski definition) is 4. The van der Waals surface area contributed by atoms with Gasteiger partial charge in [-0.15, -0.1) is 0 Å². The zero-order chi connectivity index (χ0) is 31.3. The Morgan fingerprint density at radius 3 is 1.20 bits per heavy atom. The van der Waals surface area contributed by atoms with Crippen molar-refractivity contribution in [1.82, 2.24) is 21.5 Å². The molecule has 5 aromatic rings. The first-order valence-electron chi connectivity index (χ1n) is 14.4. The highest BCUT2D eigenvalue weighted by molar-refractivity contribution is 7.95. The topological polar surface area (TPSA) is 72.8 Å². The van der Waals surface area contributed by atoms with E-state index in [1.807, 2.05) is 60.7 Å². The van der Waals surface area contributed by atoms with E-state index in [0.29, 0.717) is 27.9 Å².